The average molecular weight is 386 g/mol. The van der Waals surface area contributed by atoms with Crippen molar-refractivity contribution in [3.05, 3.63) is 22.6 Å². The molecule has 0 radical (unpaired) electrons. The summed E-state index contributed by atoms with van der Waals surface area (Å²) in [5, 5.41) is 4.21. The first-order chi connectivity index (χ1) is 13.6. The molecule has 1 aliphatic heterocycles. The van der Waals surface area contributed by atoms with Gasteiger partial charge in [-0.1, -0.05) is 19.8 Å². The Morgan fingerprint density at radius 1 is 1.18 bits per heavy atom. The molecule has 2 aromatic rings. The third-order valence-corrected chi connectivity index (χ3v) is 6.35. The number of nitrogens with zero attached hydrogens (tertiary/aromatic N) is 4. The molecule has 1 aliphatic carbocycles. The summed E-state index contributed by atoms with van der Waals surface area (Å²) in [7, 11) is 0. The Labute approximate surface area is 165 Å². The summed E-state index contributed by atoms with van der Waals surface area (Å²) in [6, 6.07) is 2.59. The van der Waals surface area contributed by atoms with Crippen LogP contribution in [-0.2, 0) is 11.3 Å². The van der Waals surface area contributed by atoms with Crippen molar-refractivity contribution in [1.29, 1.82) is 0 Å². The molecule has 0 spiro atoms. The van der Waals surface area contributed by atoms with Crippen LogP contribution in [0.15, 0.2) is 17.1 Å². The van der Waals surface area contributed by atoms with Gasteiger partial charge in [-0.15, -0.1) is 0 Å². The Morgan fingerprint density at radius 2 is 1.89 bits per heavy atom. The molecule has 2 fully saturated rings. The van der Waals surface area contributed by atoms with E-state index >= 15 is 0 Å². The van der Waals surface area contributed by atoms with Crippen LogP contribution in [0.5, 0.6) is 0 Å². The van der Waals surface area contributed by atoms with E-state index in [0.29, 0.717) is 30.3 Å². The molecule has 1 saturated heterocycles. The summed E-state index contributed by atoms with van der Waals surface area (Å²) in [5.41, 5.74) is 0.806. The zero-order chi connectivity index (χ0) is 19.7. The van der Waals surface area contributed by atoms with Gasteiger partial charge in [0.15, 0.2) is 0 Å². The Kier molecular flexibility index (Phi) is 5.42. The topological polar surface area (TPSA) is 72.2 Å². The minimum Gasteiger partial charge on any atom is -0.353 e. The molecular weight excluding hydrogens is 354 g/mol. The van der Waals surface area contributed by atoms with E-state index in [9.17, 15) is 9.59 Å². The summed E-state index contributed by atoms with van der Waals surface area (Å²) in [6.07, 6.45) is 9.12. The number of amides is 1. The standard InChI is InChI=1S/C21H31N5O2/c1-3-18(27)24-12-9-16(10-13-24)26-14-11-17-19(26)23-21(25(4-2)20(17)28)22-15-7-5-6-8-15/h11,14-16H,3-10,12-13H2,1-2H3,(H,22,23). The van der Waals surface area contributed by atoms with Crippen LogP contribution >= 0.6 is 0 Å². The lowest BCUT2D eigenvalue weighted by Crippen LogP contribution is -2.38. The van der Waals surface area contributed by atoms with Gasteiger partial charge in [0.05, 0.1) is 5.39 Å². The first-order valence-corrected chi connectivity index (χ1v) is 10.8. The molecule has 0 atom stereocenters. The fraction of sp³-hybridized carbons (Fsp3) is 0.667. The van der Waals surface area contributed by atoms with Crippen LogP contribution in [-0.4, -0.2) is 44.1 Å². The molecule has 0 aromatic carbocycles. The zero-order valence-electron chi connectivity index (χ0n) is 17.0. The van der Waals surface area contributed by atoms with Crippen LogP contribution < -0.4 is 10.9 Å². The normalized spacial score (nSPS) is 18.9. The van der Waals surface area contributed by atoms with Gasteiger partial charge in [-0.3, -0.25) is 14.2 Å². The van der Waals surface area contributed by atoms with E-state index in [1.807, 2.05) is 31.0 Å². The van der Waals surface area contributed by atoms with Gasteiger partial charge in [-0.05, 0) is 38.7 Å². The maximum atomic E-state index is 13.0. The number of fused-ring (bicyclic) bond motifs is 1. The number of anilines is 1. The van der Waals surface area contributed by atoms with Crippen LogP contribution in [0.3, 0.4) is 0 Å². The highest BCUT2D eigenvalue weighted by atomic mass is 16.2. The van der Waals surface area contributed by atoms with Crippen molar-refractivity contribution >= 4 is 22.9 Å². The quantitative estimate of drug-likeness (QED) is 0.858. The van der Waals surface area contributed by atoms with Crippen molar-refractivity contribution in [2.24, 2.45) is 0 Å². The maximum absolute atomic E-state index is 13.0. The molecule has 7 heteroatoms. The summed E-state index contributed by atoms with van der Waals surface area (Å²) in [6.45, 7) is 6.06. The molecule has 7 nitrogen and oxygen atoms in total. The average Bonchev–Trinajstić information content (AvgIpc) is 3.38. The summed E-state index contributed by atoms with van der Waals surface area (Å²) >= 11 is 0. The van der Waals surface area contributed by atoms with Gasteiger partial charge in [-0.25, -0.2) is 0 Å². The third kappa shape index (κ3) is 3.42. The molecule has 152 valence electrons. The monoisotopic (exact) mass is 385 g/mol. The Morgan fingerprint density at radius 3 is 2.54 bits per heavy atom. The molecule has 0 unspecified atom stereocenters. The molecule has 4 rings (SSSR count). The van der Waals surface area contributed by atoms with Gasteiger partial charge in [0.25, 0.3) is 5.56 Å². The number of likely N-dealkylation sites (tertiary alicyclic amines) is 1. The molecule has 3 heterocycles. The number of hydrogen-bond donors (Lipinski definition) is 1. The highest BCUT2D eigenvalue weighted by molar-refractivity contribution is 5.77. The number of nitrogens with one attached hydrogen (secondary N) is 1. The molecule has 2 aliphatic rings. The summed E-state index contributed by atoms with van der Waals surface area (Å²) in [5.74, 6) is 0.924. The number of carbonyl (C=O) groups excluding carboxylic acids is 1. The van der Waals surface area contributed by atoms with Crippen molar-refractivity contribution in [3.8, 4) is 0 Å². The Balaban J connectivity index is 1.64. The molecule has 2 aromatic heterocycles. The van der Waals surface area contributed by atoms with E-state index in [1.165, 1.54) is 12.8 Å². The van der Waals surface area contributed by atoms with Crippen LogP contribution in [0.4, 0.5) is 5.95 Å². The van der Waals surface area contributed by atoms with Gasteiger partial charge in [0.1, 0.15) is 5.65 Å². The maximum Gasteiger partial charge on any atom is 0.264 e. The van der Waals surface area contributed by atoms with Crippen molar-refractivity contribution in [1.82, 2.24) is 19.0 Å². The predicted octanol–water partition coefficient (Wildman–Crippen LogP) is 3.15. The first-order valence-electron chi connectivity index (χ1n) is 10.8. The fourth-order valence-corrected chi connectivity index (χ4v) is 4.69. The first kappa shape index (κ1) is 19.0. The minimum atomic E-state index is 0.0327. The number of carbonyl (C=O) groups is 1. The molecule has 1 amide bonds. The lowest BCUT2D eigenvalue weighted by molar-refractivity contribution is -0.132. The summed E-state index contributed by atoms with van der Waals surface area (Å²) < 4.78 is 3.91. The van der Waals surface area contributed by atoms with E-state index in [0.717, 1.165) is 44.4 Å². The van der Waals surface area contributed by atoms with E-state index in [1.54, 1.807) is 4.57 Å². The van der Waals surface area contributed by atoms with Gasteiger partial charge >= 0.3 is 0 Å². The second-order valence-corrected chi connectivity index (χ2v) is 8.04. The third-order valence-electron chi connectivity index (χ3n) is 6.35. The SMILES string of the molecule is CCC(=O)N1CCC(n2ccc3c(=O)n(CC)c(NC4CCCC4)nc32)CC1. The van der Waals surface area contributed by atoms with E-state index in [-0.39, 0.29) is 17.5 Å². The highest BCUT2D eigenvalue weighted by Gasteiger charge is 2.25. The molecule has 0 bridgehead atoms. The van der Waals surface area contributed by atoms with Crippen LogP contribution in [0.2, 0.25) is 0 Å². The smallest absolute Gasteiger partial charge is 0.264 e. The second-order valence-electron chi connectivity index (χ2n) is 8.04. The van der Waals surface area contributed by atoms with Gasteiger partial charge in [0, 0.05) is 44.3 Å². The Bertz CT molecular complexity index is 901. The number of hydrogen-bond acceptors (Lipinski definition) is 4. The predicted molar refractivity (Wildman–Crippen MR) is 111 cm³/mol. The van der Waals surface area contributed by atoms with Crippen LogP contribution in [0.1, 0.15) is 64.8 Å². The van der Waals surface area contributed by atoms with E-state index in [4.69, 9.17) is 4.98 Å². The van der Waals surface area contributed by atoms with Crippen LogP contribution in [0, 0.1) is 0 Å². The second kappa shape index (κ2) is 7.97. The number of aromatic nitrogens is 3. The largest absolute Gasteiger partial charge is 0.353 e. The highest BCUT2D eigenvalue weighted by Crippen LogP contribution is 2.28. The number of rotatable bonds is 5. The van der Waals surface area contributed by atoms with E-state index in [2.05, 4.69) is 9.88 Å². The van der Waals surface area contributed by atoms with Crippen LogP contribution in [0.25, 0.3) is 11.0 Å². The molecule has 28 heavy (non-hydrogen) atoms. The lowest BCUT2D eigenvalue weighted by atomic mass is 10.0. The van der Waals surface area contributed by atoms with Gasteiger partial charge in [0.2, 0.25) is 11.9 Å². The van der Waals surface area contributed by atoms with Crippen molar-refractivity contribution in [3.63, 3.8) is 0 Å². The molecule has 1 saturated carbocycles. The van der Waals surface area contributed by atoms with Crippen molar-refractivity contribution in [2.75, 3.05) is 18.4 Å². The minimum absolute atomic E-state index is 0.0327. The fourth-order valence-electron chi connectivity index (χ4n) is 4.69. The Hall–Kier alpha value is -2.31. The van der Waals surface area contributed by atoms with Crippen molar-refractivity contribution in [2.45, 2.75) is 77.4 Å². The zero-order valence-corrected chi connectivity index (χ0v) is 17.0. The van der Waals surface area contributed by atoms with E-state index < -0.39 is 0 Å². The molecular formula is C21H31N5O2. The van der Waals surface area contributed by atoms with Gasteiger partial charge in [-0.2, -0.15) is 4.98 Å². The van der Waals surface area contributed by atoms with Gasteiger partial charge < -0.3 is 14.8 Å². The number of piperidine rings is 1. The van der Waals surface area contributed by atoms with Crippen molar-refractivity contribution < 1.29 is 4.79 Å². The molecule has 1 N–H and O–H groups in total. The lowest BCUT2D eigenvalue weighted by Gasteiger charge is -2.33. The summed E-state index contributed by atoms with van der Waals surface area (Å²) in [4.78, 5) is 31.9.